The van der Waals surface area contributed by atoms with Gasteiger partial charge in [-0.25, -0.2) is 5.43 Å². The van der Waals surface area contributed by atoms with Crippen molar-refractivity contribution in [3.05, 3.63) is 89.5 Å². The molecule has 1 N–H and O–H groups in total. The molecule has 6 heteroatoms. The molecule has 0 radical (unpaired) electrons. The highest BCUT2D eigenvalue weighted by molar-refractivity contribution is 5.95. The van der Waals surface area contributed by atoms with Crippen LogP contribution in [-0.4, -0.2) is 25.3 Å². The summed E-state index contributed by atoms with van der Waals surface area (Å²) in [6.07, 6.45) is 1.55. The third-order valence-electron chi connectivity index (χ3n) is 4.33. The van der Waals surface area contributed by atoms with E-state index in [0.717, 1.165) is 16.9 Å². The molecule has 3 aromatic carbocycles. The molecule has 0 fully saturated rings. The van der Waals surface area contributed by atoms with Crippen LogP contribution in [0.25, 0.3) is 0 Å². The summed E-state index contributed by atoms with van der Waals surface area (Å²) in [6.45, 7) is 5.39. The van der Waals surface area contributed by atoms with Crippen molar-refractivity contribution in [2.75, 3.05) is 13.2 Å². The van der Waals surface area contributed by atoms with Crippen LogP contribution in [-0.2, 0) is 6.61 Å². The highest BCUT2D eigenvalue weighted by atomic mass is 16.5. The first kappa shape index (κ1) is 21.9. The van der Waals surface area contributed by atoms with Gasteiger partial charge < -0.3 is 14.2 Å². The summed E-state index contributed by atoms with van der Waals surface area (Å²) in [5, 5.41) is 4.06. The summed E-state index contributed by atoms with van der Waals surface area (Å²) in [7, 11) is 0. The van der Waals surface area contributed by atoms with E-state index in [2.05, 4.69) is 10.5 Å². The number of carbonyl (C=O) groups excluding carboxylic acids is 1. The molecule has 0 aliphatic carbocycles. The number of hydrogen-bond donors (Lipinski definition) is 1. The summed E-state index contributed by atoms with van der Waals surface area (Å²) in [4.78, 5) is 12.4. The van der Waals surface area contributed by atoms with Gasteiger partial charge in [-0.05, 0) is 55.8 Å². The van der Waals surface area contributed by atoms with Gasteiger partial charge in [0.2, 0.25) is 0 Å². The number of hydrazone groups is 1. The van der Waals surface area contributed by atoms with Gasteiger partial charge in [-0.3, -0.25) is 4.79 Å². The molecular weight excluding hydrogens is 392 g/mol. The summed E-state index contributed by atoms with van der Waals surface area (Å²) in [5.74, 6) is 1.75. The van der Waals surface area contributed by atoms with E-state index in [4.69, 9.17) is 14.2 Å². The van der Waals surface area contributed by atoms with Crippen LogP contribution in [0.3, 0.4) is 0 Å². The number of nitrogens with zero attached hydrogens (tertiary/aromatic N) is 1. The zero-order chi connectivity index (χ0) is 21.9. The zero-order valence-corrected chi connectivity index (χ0v) is 17.7. The van der Waals surface area contributed by atoms with Gasteiger partial charge in [0.15, 0.2) is 0 Å². The maximum absolute atomic E-state index is 12.4. The molecule has 0 atom stereocenters. The van der Waals surface area contributed by atoms with Crippen molar-refractivity contribution in [2.24, 2.45) is 5.10 Å². The fourth-order valence-corrected chi connectivity index (χ4v) is 2.83. The van der Waals surface area contributed by atoms with Crippen LogP contribution in [0, 0.1) is 0 Å². The Morgan fingerprint density at radius 2 is 1.58 bits per heavy atom. The van der Waals surface area contributed by atoms with Gasteiger partial charge >= 0.3 is 0 Å². The Labute approximate surface area is 182 Å². The second-order valence-electron chi connectivity index (χ2n) is 6.56. The Balaban J connectivity index is 1.57. The van der Waals surface area contributed by atoms with Crippen LogP contribution < -0.4 is 19.6 Å². The molecule has 31 heavy (non-hydrogen) atoms. The van der Waals surface area contributed by atoms with Gasteiger partial charge in [0.1, 0.15) is 23.9 Å². The first-order chi connectivity index (χ1) is 15.2. The van der Waals surface area contributed by atoms with Gasteiger partial charge in [0.05, 0.1) is 19.4 Å². The normalized spacial score (nSPS) is 10.6. The van der Waals surface area contributed by atoms with Crippen LogP contribution in [0.2, 0.25) is 0 Å². The van der Waals surface area contributed by atoms with E-state index < -0.39 is 0 Å². The van der Waals surface area contributed by atoms with E-state index in [0.29, 0.717) is 36.9 Å². The third-order valence-corrected chi connectivity index (χ3v) is 4.33. The average molecular weight is 418 g/mol. The largest absolute Gasteiger partial charge is 0.494 e. The van der Waals surface area contributed by atoms with Crippen LogP contribution in [0.5, 0.6) is 17.2 Å². The fraction of sp³-hybridized carbons (Fsp3) is 0.200. The smallest absolute Gasteiger partial charge is 0.271 e. The molecular formula is C25H26N2O4. The lowest BCUT2D eigenvalue weighted by Gasteiger charge is -2.10. The van der Waals surface area contributed by atoms with Crippen molar-refractivity contribution in [3.8, 4) is 17.2 Å². The van der Waals surface area contributed by atoms with E-state index in [9.17, 15) is 4.79 Å². The Hall–Kier alpha value is -3.80. The van der Waals surface area contributed by atoms with Crippen molar-refractivity contribution < 1.29 is 19.0 Å². The molecule has 0 aliphatic rings. The molecule has 6 nitrogen and oxygen atoms in total. The molecule has 0 aliphatic heterocycles. The topological polar surface area (TPSA) is 69.2 Å². The number of benzene rings is 3. The number of ether oxygens (including phenoxy) is 3. The van der Waals surface area contributed by atoms with Gasteiger partial charge in [0.25, 0.3) is 5.91 Å². The maximum atomic E-state index is 12.4. The molecule has 1 amide bonds. The standard InChI is InChI=1S/C25H26N2O4/c1-3-29-23-15-12-21(24(16-23)30-4-2)17-26-27-25(28)20-10-13-22(14-11-20)31-18-19-8-6-5-7-9-19/h5-17H,3-4,18H2,1-2H3,(H,27,28). The highest BCUT2D eigenvalue weighted by Crippen LogP contribution is 2.24. The van der Waals surface area contributed by atoms with Gasteiger partial charge in [-0.1, -0.05) is 30.3 Å². The Morgan fingerprint density at radius 1 is 0.871 bits per heavy atom. The van der Waals surface area contributed by atoms with E-state index >= 15 is 0 Å². The van der Waals surface area contributed by atoms with Crippen molar-refractivity contribution in [2.45, 2.75) is 20.5 Å². The lowest BCUT2D eigenvalue weighted by Crippen LogP contribution is -2.17. The summed E-state index contributed by atoms with van der Waals surface area (Å²) in [5.41, 5.74) is 4.85. The maximum Gasteiger partial charge on any atom is 0.271 e. The van der Waals surface area contributed by atoms with Gasteiger partial charge in [-0.15, -0.1) is 0 Å². The molecule has 0 heterocycles. The van der Waals surface area contributed by atoms with Crippen LogP contribution in [0.1, 0.15) is 35.3 Å². The Bertz CT molecular complexity index is 1000. The minimum atomic E-state index is -0.310. The lowest BCUT2D eigenvalue weighted by molar-refractivity contribution is 0.0955. The highest BCUT2D eigenvalue weighted by Gasteiger charge is 2.07. The third kappa shape index (κ3) is 6.60. The van der Waals surface area contributed by atoms with E-state index in [1.165, 1.54) is 0 Å². The lowest BCUT2D eigenvalue weighted by atomic mass is 10.2. The molecule has 0 aromatic heterocycles. The predicted octanol–water partition coefficient (Wildman–Crippen LogP) is 4.83. The predicted molar refractivity (Wildman–Crippen MR) is 121 cm³/mol. The molecule has 0 saturated heterocycles. The Kier molecular flexibility index (Phi) is 8.05. The van der Waals surface area contributed by atoms with E-state index in [1.807, 2.05) is 62.4 Å². The minimum absolute atomic E-state index is 0.310. The zero-order valence-electron chi connectivity index (χ0n) is 17.7. The second-order valence-corrected chi connectivity index (χ2v) is 6.56. The van der Waals surface area contributed by atoms with E-state index in [-0.39, 0.29) is 5.91 Å². The molecule has 3 rings (SSSR count). The Morgan fingerprint density at radius 3 is 2.29 bits per heavy atom. The van der Waals surface area contributed by atoms with Gasteiger partial charge in [0, 0.05) is 17.2 Å². The summed E-state index contributed by atoms with van der Waals surface area (Å²) in [6, 6.07) is 22.3. The monoisotopic (exact) mass is 418 g/mol. The van der Waals surface area contributed by atoms with Crippen molar-refractivity contribution in [3.63, 3.8) is 0 Å². The molecule has 3 aromatic rings. The number of hydrogen-bond acceptors (Lipinski definition) is 5. The molecule has 160 valence electrons. The number of rotatable bonds is 10. The first-order valence-electron chi connectivity index (χ1n) is 10.2. The fourth-order valence-electron chi connectivity index (χ4n) is 2.83. The van der Waals surface area contributed by atoms with Crippen molar-refractivity contribution >= 4 is 12.1 Å². The summed E-state index contributed by atoms with van der Waals surface area (Å²) < 4.78 is 16.9. The molecule has 0 unspecified atom stereocenters. The number of nitrogens with one attached hydrogen (secondary N) is 1. The number of amides is 1. The van der Waals surface area contributed by atoms with Crippen LogP contribution in [0.15, 0.2) is 77.9 Å². The first-order valence-corrected chi connectivity index (χ1v) is 10.2. The summed E-state index contributed by atoms with van der Waals surface area (Å²) >= 11 is 0. The molecule has 0 spiro atoms. The SMILES string of the molecule is CCOc1ccc(C=NNC(=O)c2ccc(OCc3ccccc3)cc2)c(OCC)c1. The van der Waals surface area contributed by atoms with Crippen LogP contribution in [0.4, 0.5) is 0 Å². The van der Waals surface area contributed by atoms with Crippen molar-refractivity contribution in [1.29, 1.82) is 0 Å². The minimum Gasteiger partial charge on any atom is -0.494 e. The van der Waals surface area contributed by atoms with Gasteiger partial charge in [-0.2, -0.15) is 5.10 Å². The van der Waals surface area contributed by atoms with Crippen molar-refractivity contribution in [1.82, 2.24) is 5.43 Å². The number of carbonyl (C=O) groups is 1. The second kappa shape index (κ2) is 11.4. The van der Waals surface area contributed by atoms with E-state index in [1.54, 1.807) is 30.5 Å². The van der Waals surface area contributed by atoms with Crippen LogP contribution >= 0.6 is 0 Å². The quantitative estimate of drug-likeness (QED) is 0.378. The average Bonchev–Trinajstić information content (AvgIpc) is 2.80. The molecule has 0 saturated carbocycles. The molecule has 0 bridgehead atoms.